The van der Waals surface area contributed by atoms with Gasteiger partial charge >= 0.3 is 6.18 Å². The number of aromatic nitrogens is 4. The van der Waals surface area contributed by atoms with E-state index in [1.54, 1.807) is 0 Å². The zero-order chi connectivity index (χ0) is 22.3. The van der Waals surface area contributed by atoms with Crippen LogP contribution in [-0.2, 0) is 17.5 Å². The van der Waals surface area contributed by atoms with Crippen molar-refractivity contribution >= 4 is 17.0 Å². The Morgan fingerprint density at radius 1 is 1.13 bits per heavy atom. The molecule has 3 aromatic rings. The summed E-state index contributed by atoms with van der Waals surface area (Å²) in [4.78, 5) is 12.2. The van der Waals surface area contributed by atoms with Crippen molar-refractivity contribution in [1.82, 2.24) is 19.5 Å². The maximum Gasteiger partial charge on any atom is 0.416 e. The van der Waals surface area contributed by atoms with Gasteiger partial charge in [-0.05, 0) is 18.2 Å². The molecule has 1 saturated heterocycles. The Morgan fingerprint density at radius 3 is 2.58 bits per heavy atom. The van der Waals surface area contributed by atoms with Gasteiger partial charge in [0.1, 0.15) is 30.5 Å². The summed E-state index contributed by atoms with van der Waals surface area (Å²) in [6.07, 6.45) is -6.96. The van der Waals surface area contributed by atoms with Crippen LogP contribution in [-0.4, -0.2) is 59.8 Å². The van der Waals surface area contributed by atoms with Crippen molar-refractivity contribution in [1.29, 1.82) is 0 Å². The fourth-order valence-corrected chi connectivity index (χ4v) is 3.34. The summed E-state index contributed by atoms with van der Waals surface area (Å²) in [6.45, 7) is -0.811. The number of aliphatic hydroxyl groups excluding tert-OH is 3. The Balaban J connectivity index is 1.60. The van der Waals surface area contributed by atoms with Gasteiger partial charge in [-0.3, -0.25) is 4.57 Å². The van der Waals surface area contributed by atoms with E-state index >= 15 is 0 Å². The van der Waals surface area contributed by atoms with Gasteiger partial charge in [-0.1, -0.05) is 0 Å². The first-order valence-corrected chi connectivity index (χ1v) is 9.10. The first-order valence-electron chi connectivity index (χ1n) is 9.10. The molecule has 0 spiro atoms. The number of alkyl halides is 3. The molecule has 0 saturated carbocycles. The van der Waals surface area contributed by atoms with Crippen molar-refractivity contribution in [2.75, 3.05) is 11.9 Å². The number of ether oxygens (including phenoxy) is 1. The molecule has 9 nitrogen and oxygen atoms in total. The molecule has 0 aliphatic carbocycles. The molecule has 0 amide bonds. The number of nitrogens with one attached hydrogen (secondary N) is 1. The van der Waals surface area contributed by atoms with Crippen LogP contribution >= 0.6 is 0 Å². The van der Waals surface area contributed by atoms with Crippen molar-refractivity contribution in [3.63, 3.8) is 0 Å². The summed E-state index contributed by atoms with van der Waals surface area (Å²) in [5.74, 6) is -0.699. The van der Waals surface area contributed by atoms with Crippen LogP contribution < -0.4 is 5.32 Å². The Kier molecular flexibility index (Phi) is 5.51. The molecule has 3 heterocycles. The Hall–Kier alpha value is -2.87. The lowest BCUT2D eigenvalue weighted by atomic mass is 10.1. The average Bonchev–Trinajstić information content (AvgIpc) is 3.28. The van der Waals surface area contributed by atoms with Gasteiger partial charge in [-0.25, -0.2) is 19.3 Å². The number of hydrogen-bond acceptors (Lipinski definition) is 8. The maximum absolute atomic E-state index is 14.0. The zero-order valence-corrected chi connectivity index (χ0v) is 15.7. The van der Waals surface area contributed by atoms with Crippen molar-refractivity contribution in [2.45, 2.75) is 37.3 Å². The molecule has 31 heavy (non-hydrogen) atoms. The first kappa shape index (κ1) is 21.4. The van der Waals surface area contributed by atoms with Gasteiger partial charge < -0.3 is 25.4 Å². The minimum absolute atomic E-state index is 0.118. The fourth-order valence-electron chi connectivity index (χ4n) is 3.34. The number of hydrogen-bond donors (Lipinski definition) is 4. The zero-order valence-electron chi connectivity index (χ0n) is 15.7. The summed E-state index contributed by atoms with van der Waals surface area (Å²) < 4.78 is 59.4. The summed E-state index contributed by atoms with van der Waals surface area (Å²) in [7, 11) is 0. The number of fused-ring (bicyclic) bond motifs is 1. The van der Waals surface area contributed by atoms with Crippen LogP contribution in [0.15, 0.2) is 30.9 Å². The molecule has 0 unspecified atom stereocenters. The third-order valence-electron chi connectivity index (χ3n) is 4.97. The van der Waals surface area contributed by atoms with E-state index in [9.17, 15) is 32.9 Å². The monoisotopic (exact) mass is 443 g/mol. The summed E-state index contributed by atoms with van der Waals surface area (Å²) >= 11 is 0. The highest BCUT2D eigenvalue weighted by Crippen LogP contribution is 2.33. The van der Waals surface area contributed by atoms with Crippen LogP contribution in [0.3, 0.4) is 0 Å². The van der Waals surface area contributed by atoms with Crippen molar-refractivity contribution in [2.24, 2.45) is 0 Å². The maximum atomic E-state index is 14.0. The lowest BCUT2D eigenvalue weighted by Crippen LogP contribution is -2.33. The topological polar surface area (TPSA) is 126 Å². The van der Waals surface area contributed by atoms with E-state index in [0.717, 1.165) is 12.4 Å². The third kappa shape index (κ3) is 3.92. The second-order valence-corrected chi connectivity index (χ2v) is 6.93. The van der Waals surface area contributed by atoms with E-state index in [-0.39, 0.29) is 29.1 Å². The summed E-state index contributed by atoms with van der Waals surface area (Å²) in [5, 5.41) is 32.1. The number of rotatable bonds is 5. The lowest BCUT2D eigenvalue weighted by molar-refractivity contribution is -0.137. The smallest absolute Gasteiger partial charge is 0.394 e. The van der Waals surface area contributed by atoms with Gasteiger partial charge in [-0.15, -0.1) is 0 Å². The average molecular weight is 443 g/mol. The lowest BCUT2D eigenvalue weighted by Gasteiger charge is -2.16. The molecule has 4 atom stereocenters. The van der Waals surface area contributed by atoms with Crippen LogP contribution in [0, 0.1) is 5.82 Å². The molecule has 0 radical (unpaired) electrons. The molecule has 2 aromatic heterocycles. The van der Waals surface area contributed by atoms with E-state index in [1.807, 2.05) is 0 Å². The fraction of sp³-hybridized carbons (Fsp3) is 0.389. The molecule has 4 rings (SSSR count). The quantitative estimate of drug-likeness (QED) is 0.434. The van der Waals surface area contributed by atoms with Crippen LogP contribution in [0.25, 0.3) is 11.2 Å². The van der Waals surface area contributed by atoms with Gasteiger partial charge in [0.25, 0.3) is 0 Å². The van der Waals surface area contributed by atoms with Gasteiger partial charge in [0.2, 0.25) is 0 Å². The molecule has 166 valence electrons. The molecular weight excluding hydrogens is 426 g/mol. The second kappa shape index (κ2) is 8.00. The van der Waals surface area contributed by atoms with Crippen LogP contribution in [0.1, 0.15) is 17.4 Å². The molecule has 0 bridgehead atoms. The van der Waals surface area contributed by atoms with Crippen molar-refractivity contribution in [3.8, 4) is 0 Å². The van der Waals surface area contributed by atoms with E-state index in [1.165, 1.54) is 10.9 Å². The third-order valence-corrected chi connectivity index (χ3v) is 4.97. The standard InChI is InChI=1S/C18H17F4N5O4/c19-10-2-1-9(18(20,21)22)3-8(10)4-23-15-12-16(25-6-24-15)27(7-26-12)17-14(30)13(29)11(5-28)31-17/h1-3,6-7,11,13-14,17,28-30H,4-5H2,(H,23,24,25)/t11-,13-,14-,17-/m1/s1. The summed E-state index contributed by atoms with van der Waals surface area (Å²) in [5.41, 5.74) is -0.818. The number of anilines is 1. The molecule has 1 aromatic carbocycles. The minimum atomic E-state index is -4.61. The Bertz CT molecular complexity index is 1090. The highest BCUT2D eigenvalue weighted by molar-refractivity contribution is 5.82. The highest BCUT2D eigenvalue weighted by Gasteiger charge is 2.44. The largest absolute Gasteiger partial charge is 0.416 e. The van der Waals surface area contributed by atoms with E-state index in [2.05, 4.69) is 20.3 Å². The van der Waals surface area contributed by atoms with Crippen LogP contribution in [0.4, 0.5) is 23.4 Å². The normalized spacial score (nSPS) is 24.1. The van der Waals surface area contributed by atoms with Crippen LogP contribution in [0.5, 0.6) is 0 Å². The number of aliphatic hydroxyl groups is 3. The molecule has 1 aliphatic rings. The molecule has 13 heteroatoms. The molecular formula is C18H17F4N5O4. The molecule has 1 aliphatic heterocycles. The predicted molar refractivity (Wildman–Crippen MR) is 97.1 cm³/mol. The van der Waals surface area contributed by atoms with Crippen molar-refractivity contribution in [3.05, 3.63) is 47.8 Å². The van der Waals surface area contributed by atoms with E-state index < -0.39 is 48.7 Å². The van der Waals surface area contributed by atoms with Gasteiger partial charge in [0.05, 0.1) is 18.5 Å². The second-order valence-electron chi connectivity index (χ2n) is 6.93. The minimum Gasteiger partial charge on any atom is -0.394 e. The van der Waals surface area contributed by atoms with Crippen LogP contribution in [0.2, 0.25) is 0 Å². The van der Waals surface area contributed by atoms with Crippen molar-refractivity contribution < 1.29 is 37.6 Å². The van der Waals surface area contributed by atoms with E-state index in [0.29, 0.717) is 12.1 Å². The Morgan fingerprint density at radius 2 is 1.90 bits per heavy atom. The highest BCUT2D eigenvalue weighted by atomic mass is 19.4. The van der Waals surface area contributed by atoms with Gasteiger partial charge in [0, 0.05) is 12.1 Å². The Labute approximate surface area is 172 Å². The number of imidazole rings is 1. The summed E-state index contributed by atoms with van der Waals surface area (Å²) in [6, 6.07) is 2.11. The van der Waals surface area contributed by atoms with Gasteiger partial charge in [0.15, 0.2) is 23.2 Å². The number of nitrogens with zero attached hydrogens (tertiary/aromatic N) is 4. The first-order chi connectivity index (χ1) is 14.7. The SMILES string of the molecule is OC[C@H]1O[C@@H](n2cnc3c(NCc4cc(C(F)(F)F)ccc4F)ncnc32)[C@H](O)[C@@H]1O. The van der Waals surface area contributed by atoms with Gasteiger partial charge in [-0.2, -0.15) is 13.2 Å². The number of benzene rings is 1. The molecule has 1 fully saturated rings. The molecule has 4 N–H and O–H groups in total. The predicted octanol–water partition coefficient (Wildman–Crippen LogP) is 1.21. The number of halogens is 4. The van der Waals surface area contributed by atoms with E-state index in [4.69, 9.17) is 4.74 Å².